The molecule has 3 aliphatic heterocycles. The third kappa shape index (κ3) is 6.52. The van der Waals surface area contributed by atoms with Crippen LogP contribution in [0.5, 0.6) is 5.75 Å². The molecule has 0 saturated carbocycles. The van der Waals surface area contributed by atoms with Crippen LogP contribution in [0.1, 0.15) is 63.5 Å². The van der Waals surface area contributed by atoms with Crippen molar-refractivity contribution in [2.75, 3.05) is 38.3 Å². The average molecular weight is 625 g/mol. The molecule has 0 N–H and O–H groups in total. The highest BCUT2D eigenvalue weighted by atomic mass is 16.6. The molecule has 1 saturated heterocycles. The van der Waals surface area contributed by atoms with Gasteiger partial charge in [-0.15, -0.1) is 0 Å². The van der Waals surface area contributed by atoms with E-state index in [-0.39, 0.29) is 5.60 Å². The topological polar surface area (TPSA) is 87.4 Å². The van der Waals surface area contributed by atoms with Gasteiger partial charge in [0.25, 0.3) is 0 Å². The number of carbonyl (C=O) groups excluding carboxylic acids is 1. The molecule has 0 amide bonds. The Labute approximate surface area is 271 Å². The number of nitrogens with zero attached hydrogens (tertiary/aromatic N) is 4. The van der Waals surface area contributed by atoms with Crippen LogP contribution >= 0.6 is 0 Å². The first-order chi connectivity index (χ1) is 21.9. The number of piperidine rings is 1. The van der Waals surface area contributed by atoms with Gasteiger partial charge >= 0.3 is 5.97 Å². The fourth-order valence-electron chi connectivity index (χ4n) is 6.25. The molecule has 2 aromatic carbocycles. The lowest BCUT2D eigenvalue weighted by Crippen LogP contribution is -2.45. The summed E-state index contributed by atoms with van der Waals surface area (Å²) in [7, 11) is 1.39. The highest BCUT2D eigenvalue weighted by Gasteiger charge is 2.38. The number of esters is 1. The van der Waals surface area contributed by atoms with Gasteiger partial charge in [0.15, 0.2) is 11.8 Å². The maximum absolute atomic E-state index is 13.4. The maximum Gasteiger partial charge on any atom is 0.339 e. The fraction of sp³-hybridized carbons (Fsp3) is 0.432. The summed E-state index contributed by atoms with van der Waals surface area (Å²) in [5.74, 6) is 1.13. The van der Waals surface area contributed by atoms with E-state index in [2.05, 4.69) is 49.1 Å². The van der Waals surface area contributed by atoms with Crippen molar-refractivity contribution in [1.82, 2.24) is 14.6 Å². The second kappa shape index (κ2) is 12.5. The zero-order valence-corrected chi connectivity index (χ0v) is 27.9. The lowest BCUT2D eigenvalue weighted by Gasteiger charge is -2.41. The summed E-state index contributed by atoms with van der Waals surface area (Å²) in [4.78, 5) is 20.6. The predicted octanol–water partition coefficient (Wildman–Crippen LogP) is 7.03. The number of benzene rings is 2. The van der Waals surface area contributed by atoms with Gasteiger partial charge in [-0.3, -0.25) is 0 Å². The Morgan fingerprint density at radius 2 is 1.74 bits per heavy atom. The molecule has 3 aliphatic rings. The van der Waals surface area contributed by atoms with Gasteiger partial charge in [-0.1, -0.05) is 35.9 Å². The minimum atomic E-state index is -0.982. The number of methoxy groups -OCH3 is 1. The van der Waals surface area contributed by atoms with Crippen molar-refractivity contribution in [2.45, 2.75) is 71.7 Å². The number of aromatic nitrogens is 3. The summed E-state index contributed by atoms with van der Waals surface area (Å²) >= 11 is 0. The lowest BCUT2D eigenvalue weighted by molar-refractivity contribution is -0.164. The monoisotopic (exact) mass is 624 g/mol. The van der Waals surface area contributed by atoms with Crippen molar-refractivity contribution >= 4 is 17.4 Å². The number of hydrogen-bond acceptors (Lipinski definition) is 8. The van der Waals surface area contributed by atoms with Gasteiger partial charge in [0, 0.05) is 36.0 Å². The third-order valence-electron chi connectivity index (χ3n) is 8.71. The third-order valence-corrected chi connectivity index (χ3v) is 8.71. The molecule has 1 fully saturated rings. The van der Waals surface area contributed by atoms with Gasteiger partial charge in [-0.05, 0) is 84.2 Å². The van der Waals surface area contributed by atoms with E-state index < -0.39 is 17.7 Å². The van der Waals surface area contributed by atoms with E-state index in [1.807, 2.05) is 62.6 Å². The van der Waals surface area contributed by atoms with Crippen LogP contribution in [-0.2, 0) is 19.0 Å². The van der Waals surface area contributed by atoms with Crippen LogP contribution in [0.2, 0.25) is 0 Å². The molecule has 6 bridgehead atoms. The standard InChI is InChI=1S/C37H44N4O5/c1-24-13-14-30-28(21-24)26-11-10-12-27(22-26)29-23-31-38-25(2)32(33(35(42)43-7)46-36(3,4)5)34(41(31)39-29)40-17-15-37(6,16-18-40)45-20-9-8-19-44-30/h8-14,21-23,33H,15-20H2,1-7H3/t33-/m0/s1. The maximum atomic E-state index is 13.4. The predicted molar refractivity (Wildman–Crippen MR) is 179 cm³/mol. The Morgan fingerprint density at radius 1 is 1.00 bits per heavy atom. The van der Waals surface area contributed by atoms with Crippen LogP contribution in [0.4, 0.5) is 5.82 Å². The molecule has 0 spiro atoms. The number of ether oxygens (including phenoxy) is 4. The van der Waals surface area contributed by atoms with Gasteiger partial charge in [0.05, 0.1) is 36.2 Å². The summed E-state index contributed by atoms with van der Waals surface area (Å²) in [6.07, 6.45) is 4.66. The van der Waals surface area contributed by atoms with E-state index >= 15 is 0 Å². The second-order valence-corrected chi connectivity index (χ2v) is 13.5. The van der Waals surface area contributed by atoms with Crippen molar-refractivity contribution in [3.63, 3.8) is 0 Å². The van der Waals surface area contributed by atoms with Crippen molar-refractivity contribution in [3.8, 4) is 28.1 Å². The van der Waals surface area contributed by atoms with Gasteiger partial charge in [0.2, 0.25) is 0 Å². The first kappa shape index (κ1) is 31.8. The minimum Gasteiger partial charge on any atom is -0.489 e. The molecule has 7 rings (SSSR count). The van der Waals surface area contributed by atoms with Crippen LogP contribution in [-0.4, -0.2) is 65.2 Å². The Kier molecular flexibility index (Phi) is 8.65. The van der Waals surface area contributed by atoms with Crippen molar-refractivity contribution < 1.29 is 23.7 Å². The number of fused-ring (bicyclic) bond motifs is 6. The van der Waals surface area contributed by atoms with Gasteiger partial charge in [-0.2, -0.15) is 9.61 Å². The largest absolute Gasteiger partial charge is 0.489 e. The number of carbonyl (C=O) groups is 1. The van der Waals surface area contributed by atoms with E-state index in [4.69, 9.17) is 29.0 Å². The van der Waals surface area contributed by atoms with Crippen molar-refractivity contribution in [2.24, 2.45) is 0 Å². The molecule has 46 heavy (non-hydrogen) atoms. The summed E-state index contributed by atoms with van der Waals surface area (Å²) < 4.78 is 26.2. The number of hydrogen-bond donors (Lipinski definition) is 0. The first-order valence-electron chi connectivity index (χ1n) is 16.0. The molecular weight excluding hydrogens is 580 g/mol. The average Bonchev–Trinajstić information content (AvgIpc) is 3.44. The quantitative estimate of drug-likeness (QED) is 0.177. The molecule has 9 heteroatoms. The Balaban J connectivity index is 1.56. The van der Waals surface area contributed by atoms with Crippen LogP contribution in [0.25, 0.3) is 28.0 Å². The lowest BCUT2D eigenvalue weighted by atomic mass is 9.92. The van der Waals surface area contributed by atoms with Crippen LogP contribution in [0, 0.1) is 13.8 Å². The SMILES string of the molecule is COC(=O)[C@@H](OC(C)(C)C)c1c(C)nc2cc3nn2c1N1CCC(C)(CC1)OCC=CCOc1ccc(C)cc1-c1cccc-3c1. The second-order valence-electron chi connectivity index (χ2n) is 13.5. The molecule has 0 unspecified atom stereocenters. The summed E-state index contributed by atoms with van der Waals surface area (Å²) in [6, 6.07) is 16.6. The van der Waals surface area contributed by atoms with Crippen molar-refractivity contribution in [1.29, 1.82) is 0 Å². The Bertz CT molecular complexity index is 1780. The van der Waals surface area contributed by atoms with Crippen molar-refractivity contribution in [3.05, 3.63) is 77.5 Å². The summed E-state index contributed by atoms with van der Waals surface area (Å²) in [5, 5.41) is 5.15. The molecule has 242 valence electrons. The first-order valence-corrected chi connectivity index (χ1v) is 16.0. The summed E-state index contributed by atoms with van der Waals surface area (Å²) in [5.41, 5.74) is 6.07. The molecule has 5 heterocycles. The van der Waals surface area contributed by atoms with Crippen LogP contribution < -0.4 is 9.64 Å². The Hall–Kier alpha value is -4.21. The van der Waals surface area contributed by atoms with Crippen LogP contribution in [0.3, 0.4) is 0 Å². The molecule has 2 aromatic heterocycles. The number of aryl methyl sites for hydroxylation is 2. The van der Waals surface area contributed by atoms with Gasteiger partial charge in [0.1, 0.15) is 18.2 Å². The normalized spacial score (nSPS) is 17.2. The Morgan fingerprint density at radius 3 is 2.48 bits per heavy atom. The molecule has 4 aromatic rings. The highest BCUT2D eigenvalue weighted by molar-refractivity contribution is 5.81. The highest BCUT2D eigenvalue weighted by Crippen LogP contribution is 2.39. The van der Waals surface area contributed by atoms with Gasteiger partial charge in [-0.25, -0.2) is 9.78 Å². The molecule has 0 aliphatic carbocycles. The summed E-state index contributed by atoms with van der Waals surface area (Å²) in [6.45, 7) is 14.3. The van der Waals surface area contributed by atoms with E-state index in [1.165, 1.54) is 7.11 Å². The van der Waals surface area contributed by atoms with E-state index in [9.17, 15) is 4.79 Å². The minimum absolute atomic E-state index is 0.297. The van der Waals surface area contributed by atoms with E-state index in [1.54, 1.807) is 0 Å². The molecule has 1 atom stereocenters. The zero-order valence-electron chi connectivity index (χ0n) is 27.9. The number of rotatable bonds is 3. The van der Waals surface area contributed by atoms with E-state index in [0.717, 1.165) is 52.4 Å². The number of anilines is 1. The van der Waals surface area contributed by atoms with E-state index in [0.29, 0.717) is 43.2 Å². The molecule has 9 nitrogen and oxygen atoms in total. The fourth-order valence-corrected chi connectivity index (χ4v) is 6.25. The molecular formula is C37H44N4O5. The smallest absolute Gasteiger partial charge is 0.339 e. The molecule has 0 radical (unpaired) electrons. The zero-order chi connectivity index (χ0) is 32.6. The van der Waals surface area contributed by atoms with Crippen LogP contribution in [0.15, 0.2) is 60.7 Å². The van der Waals surface area contributed by atoms with Gasteiger partial charge < -0.3 is 23.8 Å².